The fourth-order valence-electron chi connectivity index (χ4n) is 2.79. The summed E-state index contributed by atoms with van der Waals surface area (Å²) in [6, 6.07) is 3.89. The number of hydrogen-bond donors (Lipinski definition) is 1. The zero-order valence-electron chi connectivity index (χ0n) is 16.8. The highest BCUT2D eigenvalue weighted by Crippen LogP contribution is 2.44. The number of aromatic nitrogens is 1. The van der Waals surface area contributed by atoms with Crippen molar-refractivity contribution in [3.8, 4) is 17.2 Å². The van der Waals surface area contributed by atoms with Crippen molar-refractivity contribution >= 4 is 27.5 Å². The second kappa shape index (κ2) is 10.6. The molecule has 30 heavy (non-hydrogen) atoms. The van der Waals surface area contributed by atoms with Crippen LogP contribution in [0.4, 0.5) is 5.69 Å². The number of unbranched alkanes of at least 4 members (excludes halogenated alkanes) is 1. The lowest BCUT2D eigenvalue weighted by atomic mass is 10.1. The summed E-state index contributed by atoms with van der Waals surface area (Å²) in [6.45, 7) is 0.663. The lowest BCUT2D eigenvalue weighted by Gasteiger charge is -2.16. The van der Waals surface area contributed by atoms with Crippen molar-refractivity contribution in [3.05, 3.63) is 54.9 Å². The first-order valence-corrected chi connectivity index (χ1v) is 9.74. The van der Waals surface area contributed by atoms with Gasteiger partial charge < -0.3 is 24.1 Å². The minimum atomic E-state index is -0.550. The van der Waals surface area contributed by atoms with Gasteiger partial charge in [0.15, 0.2) is 11.5 Å². The van der Waals surface area contributed by atoms with E-state index >= 15 is 0 Å². The largest absolute Gasteiger partial charge is 0.493 e. The zero-order valence-corrected chi connectivity index (χ0v) is 18.4. The number of methoxy groups -OCH3 is 3. The molecule has 0 aliphatic heterocycles. The first-order chi connectivity index (χ1) is 14.3. The average molecular weight is 484 g/mol. The van der Waals surface area contributed by atoms with Gasteiger partial charge in [0, 0.05) is 25.2 Å². The lowest BCUT2D eigenvalue weighted by Crippen LogP contribution is -2.26. The molecule has 0 aliphatic carbocycles. The predicted octanol–water partition coefficient (Wildman–Crippen LogP) is 2.76. The van der Waals surface area contributed by atoms with E-state index in [9.17, 15) is 19.7 Å². The molecular weight excluding hydrogens is 462 g/mol. The Bertz CT molecular complexity index is 991. The van der Waals surface area contributed by atoms with Crippen LogP contribution in [0.1, 0.15) is 23.2 Å². The SMILES string of the molecule is COc1cc(C(=O)NCCCCn2cc([N+](=O)[O-])ccc2=O)c(Br)c(OC)c1OC. The van der Waals surface area contributed by atoms with Crippen LogP contribution in [0.15, 0.2) is 33.7 Å². The molecule has 162 valence electrons. The fraction of sp³-hybridized carbons (Fsp3) is 0.368. The van der Waals surface area contributed by atoms with Gasteiger partial charge in [-0.15, -0.1) is 0 Å². The zero-order chi connectivity index (χ0) is 22.3. The van der Waals surface area contributed by atoms with Crippen molar-refractivity contribution < 1.29 is 23.9 Å². The summed E-state index contributed by atoms with van der Waals surface area (Å²) in [4.78, 5) is 34.7. The van der Waals surface area contributed by atoms with Crippen molar-refractivity contribution in [1.82, 2.24) is 9.88 Å². The summed E-state index contributed by atoms with van der Waals surface area (Å²) < 4.78 is 17.6. The Kier molecular flexibility index (Phi) is 8.22. The standard InChI is InChI=1S/C19H22BrN3O7/c1-28-14-10-13(16(20)18(30-3)17(14)29-2)19(25)21-8-4-5-9-22-11-12(23(26)27)6-7-15(22)24/h6-7,10-11H,4-5,8-9H2,1-3H3,(H,21,25). The molecule has 0 spiro atoms. The molecule has 1 amide bonds. The molecule has 0 fully saturated rings. The van der Waals surface area contributed by atoms with E-state index in [1.165, 1.54) is 44.2 Å². The molecule has 1 aromatic carbocycles. The molecule has 0 atom stereocenters. The van der Waals surface area contributed by atoms with E-state index in [1.54, 1.807) is 6.07 Å². The lowest BCUT2D eigenvalue weighted by molar-refractivity contribution is -0.385. The molecular formula is C19H22BrN3O7. The van der Waals surface area contributed by atoms with Crippen LogP contribution in [0.3, 0.4) is 0 Å². The highest BCUT2D eigenvalue weighted by Gasteiger charge is 2.22. The van der Waals surface area contributed by atoms with E-state index in [1.807, 2.05) is 0 Å². The second-order valence-electron chi connectivity index (χ2n) is 6.15. The summed E-state index contributed by atoms with van der Waals surface area (Å²) >= 11 is 3.36. The van der Waals surface area contributed by atoms with E-state index in [0.29, 0.717) is 53.2 Å². The molecule has 0 unspecified atom stereocenters. The molecule has 0 bridgehead atoms. The first kappa shape index (κ1) is 23.2. The highest BCUT2D eigenvalue weighted by molar-refractivity contribution is 9.10. The number of carbonyl (C=O) groups is 1. The maximum Gasteiger partial charge on any atom is 0.285 e. The fourth-order valence-corrected chi connectivity index (χ4v) is 3.43. The van der Waals surface area contributed by atoms with E-state index in [4.69, 9.17) is 14.2 Å². The molecule has 0 saturated heterocycles. The van der Waals surface area contributed by atoms with Gasteiger partial charge in [-0.2, -0.15) is 0 Å². The van der Waals surface area contributed by atoms with Gasteiger partial charge in [-0.3, -0.25) is 19.7 Å². The molecule has 11 heteroatoms. The van der Waals surface area contributed by atoms with E-state index < -0.39 is 4.92 Å². The normalized spacial score (nSPS) is 10.4. The second-order valence-corrected chi connectivity index (χ2v) is 6.94. The number of benzene rings is 1. The Morgan fingerprint density at radius 3 is 2.47 bits per heavy atom. The third kappa shape index (κ3) is 5.29. The Morgan fingerprint density at radius 2 is 1.87 bits per heavy atom. The molecule has 1 aromatic heterocycles. The number of pyridine rings is 1. The summed E-state index contributed by atoms with van der Waals surface area (Å²) in [5.41, 5.74) is -0.138. The molecule has 2 aromatic rings. The molecule has 1 heterocycles. The number of ether oxygens (including phenoxy) is 3. The maximum absolute atomic E-state index is 12.6. The van der Waals surface area contributed by atoms with E-state index in [-0.39, 0.29) is 17.2 Å². The van der Waals surface area contributed by atoms with E-state index in [0.717, 1.165) is 0 Å². The van der Waals surface area contributed by atoms with Gasteiger partial charge in [0.25, 0.3) is 17.2 Å². The Morgan fingerprint density at radius 1 is 1.17 bits per heavy atom. The topological polar surface area (TPSA) is 122 Å². The van der Waals surface area contributed by atoms with Gasteiger partial charge in [-0.1, -0.05) is 0 Å². The minimum absolute atomic E-state index is 0.143. The van der Waals surface area contributed by atoms with Gasteiger partial charge in [-0.05, 0) is 34.8 Å². The molecule has 10 nitrogen and oxygen atoms in total. The van der Waals surface area contributed by atoms with Crippen LogP contribution >= 0.6 is 15.9 Å². The number of hydrogen-bond acceptors (Lipinski definition) is 7. The number of carbonyl (C=O) groups excluding carboxylic acids is 1. The van der Waals surface area contributed by atoms with Crippen LogP contribution in [0.5, 0.6) is 17.2 Å². The predicted molar refractivity (Wildman–Crippen MR) is 113 cm³/mol. The summed E-state index contributed by atoms with van der Waals surface area (Å²) in [6.07, 6.45) is 2.34. The van der Waals surface area contributed by atoms with Crippen LogP contribution in [0, 0.1) is 10.1 Å². The number of amides is 1. The molecule has 0 aliphatic rings. The summed E-state index contributed by atoms with van der Waals surface area (Å²) in [7, 11) is 4.39. The minimum Gasteiger partial charge on any atom is -0.493 e. The van der Waals surface area contributed by atoms with Crippen molar-refractivity contribution in [2.24, 2.45) is 0 Å². The van der Waals surface area contributed by atoms with E-state index in [2.05, 4.69) is 21.2 Å². The first-order valence-electron chi connectivity index (χ1n) is 8.95. The van der Waals surface area contributed by atoms with Gasteiger partial charge in [0.05, 0.1) is 42.5 Å². The number of rotatable bonds is 10. The third-order valence-corrected chi connectivity index (χ3v) is 5.09. The maximum atomic E-state index is 12.6. The van der Waals surface area contributed by atoms with Crippen LogP contribution in [-0.4, -0.2) is 43.3 Å². The van der Waals surface area contributed by atoms with Crippen LogP contribution in [0.25, 0.3) is 0 Å². The third-order valence-electron chi connectivity index (χ3n) is 4.30. The van der Waals surface area contributed by atoms with Gasteiger partial charge >= 0.3 is 0 Å². The van der Waals surface area contributed by atoms with Crippen molar-refractivity contribution in [1.29, 1.82) is 0 Å². The summed E-state index contributed by atoms with van der Waals surface area (Å²) in [5.74, 6) is 0.722. The number of nitrogens with one attached hydrogen (secondary N) is 1. The number of aryl methyl sites for hydroxylation is 1. The number of halogens is 1. The Hall–Kier alpha value is -3.08. The molecule has 0 saturated carbocycles. The molecule has 2 rings (SSSR count). The average Bonchev–Trinajstić information content (AvgIpc) is 2.73. The molecule has 1 N–H and O–H groups in total. The van der Waals surface area contributed by atoms with Crippen LogP contribution in [-0.2, 0) is 6.54 Å². The number of nitrogens with zero attached hydrogens (tertiary/aromatic N) is 2. The Labute approximate surface area is 181 Å². The van der Waals surface area contributed by atoms with Crippen LogP contribution in [0.2, 0.25) is 0 Å². The summed E-state index contributed by atoms with van der Waals surface area (Å²) in [5, 5.41) is 13.6. The van der Waals surface area contributed by atoms with Crippen molar-refractivity contribution in [2.45, 2.75) is 19.4 Å². The van der Waals surface area contributed by atoms with Gasteiger partial charge in [-0.25, -0.2) is 0 Å². The number of nitro groups is 1. The van der Waals surface area contributed by atoms with Crippen molar-refractivity contribution in [2.75, 3.05) is 27.9 Å². The van der Waals surface area contributed by atoms with Gasteiger partial charge in [0.2, 0.25) is 5.75 Å². The Balaban J connectivity index is 1.98. The van der Waals surface area contributed by atoms with Crippen molar-refractivity contribution in [3.63, 3.8) is 0 Å². The quantitative estimate of drug-likeness (QED) is 0.313. The van der Waals surface area contributed by atoms with Crippen LogP contribution < -0.4 is 25.1 Å². The highest BCUT2D eigenvalue weighted by atomic mass is 79.9. The monoisotopic (exact) mass is 483 g/mol. The smallest absolute Gasteiger partial charge is 0.285 e. The molecule has 0 radical (unpaired) electrons. The van der Waals surface area contributed by atoms with Gasteiger partial charge in [0.1, 0.15) is 0 Å².